The Morgan fingerprint density at radius 2 is 1.70 bits per heavy atom. The number of carboxylic acid groups (broad SMARTS) is 1. The van der Waals surface area contributed by atoms with Crippen molar-refractivity contribution in [3.05, 3.63) is 99.1 Å². The van der Waals surface area contributed by atoms with E-state index in [1.807, 2.05) is 12.1 Å². The Kier molecular flexibility index (Phi) is 14.8. The predicted octanol–water partition coefficient (Wildman–Crippen LogP) is 1.39. The van der Waals surface area contributed by atoms with Crippen LogP contribution >= 0.6 is 23.3 Å². The van der Waals surface area contributed by atoms with Crippen LogP contribution < -0.4 is 46.0 Å². The smallest absolute Gasteiger partial charge is 0.478 e. The van der Waals surface area contributed by atoms with Crippen molar-refractivity contribution in [2.75, 3.05) is 56.5 Å². The van der Waals surface area contributed by atoms with Gasteiger partial charge < -0.3 is 65.3 Å². The normalized spacial score (nSPS) is 20.8. The minimum absolute atomic E-state index is 0.00859. The summed E-state index contributed by atoms with van der Waals surface area (Å²) in [6.07, 6.45) is -2.05. The number of carboxylic acids is 1. The van der Waals surface area contributed by atoms with Crippen molar-refractivity contribution < 1.29 is 80.9 Å². The number of fused-ring (bicyclic) bond motifs is 5. The number of alkyl carbamates (subject to hydrolysis) is 1. The molecule has 5 aromatic rings. The highest BCUT2D eigenvalue weighted by molar-refractivity contribution is 7.70. The van der Waals surface area contributed by atoms with Gasteiger partial charge in [-0.1, -0.05) is 6.07 Å². The number of carbonyl (C=O) groups is 3. The molecule has 394 valence electrons. The molecule has 2 unspecified atom stereocenters. The lowest BCUT2D eigenvalue weighted by Crippen LogP contribution is -2.42. The number of ether oxygens (including phenoxy) is 3. The first-order valence-electron chi connectivity index (χ1n) is 23.3. The Bertz CT molecular complexity index is 3370. The van der Waals surface area contributed by atoms with Gasteiger partial charge in [-0.15, -0.1) is 4.86 Å². The molecule has 4 aliphatic rings. The van der Waals surface area contributed by atoms with Crippen LogP contribution in [0.15, 0.2) is 55.1 Å². The maximum Gasteiger partial charge on any atom is 0.480 e. The van der Waals surface area contributed by atoms with Gasteiger partial charge in [-0.2, -0.15) is 4.31 Å². The molecule has 0 bridgehead atoms. The molecule has 2 aromatic heterocycles. The van der Waals surface area contributed by atoms with Gasteiger partial charge in [0.15, 0.2) is 23.8 Å². The summed E-state index contributed by atoms with van der Waals surface area (Å²) in [4.78, 5) is 93.0. The third-order valence-electron chi connectivity index (χ3n) is 12.9. The molecule has 11 N–H and O–H groups in total. The number of carbonyl (C=O) groups excluding carboxylic acids is 2. The third-order valence-corrected chi connectivity index (χ3v) is 17.1. The van der Waals surface area contributed by atoms with Gasteiger partial charge in [-0.3, -0.25) is 13.9 Å². The minimum Gasteiger partial charge on any atom is -0.478 e. The first-order valence-corrected chi connectivity index (χ1v) is 28.0. The highest BCUT2D eigenvalue weighted by Gasteiger charge is 2.49. The topological polar surface area (TPSA) is 382 Å². The summed E-state index contributed by atoms with van der Waals surface area (Å²) >= 11 is 0. The summed E-state index contributed by atoms with van der Waals surface area (Å²) in [5, 5.41) is 29.0. The maximum atomic E-state index is 13.6. The van der Waals surface area contributed by atoms with Gasteiger partial charge in [0.25, 0.3) is 5.91 Å². The number of aliphatic hydroxyl groups excluding tert-OH is 1. The fourth-order valence-corrected chi connectivity index (χ4v) is 13.1. The number of nitrogens with two attached hydrogens (primary N) is 1. The van der Waals surface area contributed by atoms with E-state index in [0.717, 1.165) is 102 Å². The predicted molar refractivity (Wildman–Crippen MR) is 261 cm³/mol. The molecule has 27 nitrogen and oxygen atoms in total. The number of imidazole rings is 1. The summed E-state index contributed by atoms with van der Waals surface area (Å²) in [7, 11) is -16.8. The van der Waals surface area contributed by atoms with Crippen LogP contribution in [0, 0.1) is 0 Å². The maximum absolute atomic E-state index is 13.6. The highest BCUT2D eigenvalue weighted by atomic mass is 31.3. The van der Waals surface area contributed by atoms with E-state index in [1.165, 1.54) is 16.7 Å². The zero-order valence-corrected chi connectivity index (χ0v) is 42.2. The Morgan fingerprint density at radius 3 is 2.45 bits per heavy atom. The molecule has 2 amide bonds. The molecule has 0 aliphatic carbocycles. The van der Waals surface area contributed by atoms with Crippen molar-refractivity contribution in [2.45, 2.75) is 64.1 Å². The monoisotopic (exact) mass is 1090 g/mol. The number of amides is 2. The molecule has 1 fully saturated rings. The molecule has 1 saturated heterocycles. The molecular weight excluding hydrogens is 1030 g/mol. The van der Waals surface area contributed by atoms with E-state index in [0.29, 0.717) is 22.6 Å². The second kappa shape index (κ2) is 20.9. The number of hydrogen-bond acceptors (Lipinski definition) is 17. The van der Waals surface area contributed by atoms with E-state index in [2.05, 4.69) is 65.4 Å². The molecule has 0 saturated carbocycles. The van der Waals surface area contributed by atoms with Crippen molar-refractivity contribution in [2.24, 2.45) is 0 Å². The summed E-state index contributed by atoms with van der Waals surface area (Å²) in [6.45, 7) is 6.02. The lowest BCUT2D eigenvalue weighted by Gasteiger charge is -2.32. The minimum atomic E-state index is -5.66. The molecule has 4 aliphatic heterocycles. The lowest BCUT2D eigenvalue weighted by molar-refractivity contribution is -0.0507. The van der Waals surface area contributed by atoms with Crippen LogP contribution in [-0.2, 0) is 44.8 Å². The second-order valence-corrected chi connectivity index (χ2v) is 22.3. The van der Waals surface area contributed by atoms with Gasteiger partial charge in [0, 0.05) is 71.8 Å². The number of phosphoric acid groups is 1. The van der Waals surface area contributed by atoms with Crippen molar-refractivity contribution >= 4 is 69.5 Å². The molecular formula is C44H52N10O17P3+. The fourth-order valence-electron chi connectivity index (χ4n) is 9.64. The molecule has 9 rings (SSSR count). The van der Waals surface area contributed by atoms with Crippen molar-refractivity contribution in [3.63, 3.8) is 0 Å². The number of aromatic nitrogens is 4. The van der Waals surface area contributed by atoms with Crippen molar-refractivity contribution in [1.29, 1.82) is 0 Å². The van der Waals surface area contributed by atoms with E-state index >= 15 is 0 Å². The molecule has 3 aromatic carbocycles. The van der Waals surface area contributed by atoms with Gasteiger partial charge in [0.05, 0.1) is 24.6 Å². The van der Waals surface area contributed by atoms with Crippen LogP contribution in [-0.4, -0.2) is 131 Å². The summed E-state index contributed by atoms with van der Waals surface area (Å²) in [5.41, 5.74) is 11.0. The third kappa shape index (κ3) is 11.0. The van der Waals surface area contributed by atoms with E-state index in [9.17, 15) is 48.1 Å². The SMILES string of the molecule is CCN1CCCc2cc3c(cc21)Oc1cc2c(cc1=C3c1ccc(C(=O)NCCNC(=O)O[C@H]3[C@@H](O)[C@H](n4cnc5c(N)ncnc54)O[C@@H]3COP(=O)(O)OP(=O)(O)NP(=O)(O)O)cc1C(=O)O)CCC[N+]=2CC. The van der Waals surface area contributed by atoms with Crippen LogP contribution in [0.2, 0.25) is 0 Å². The first-order chi connectivity index (χ1) is 35.1. The number of hydrogen-bond donors (Lipinski definition) is 10. The Labute approximate surface area is 420 Å². The number of aliphatic hydroxyl groups is 1. The number of aryl methyl sites for hydroxylation is 2. The Balaban J connectivity index is 0.917. The summed E-state index contributed by atoms with van der Waals surface area (Å²) in [6, 6.07) is 12.7. The standard InChI is InChI=1S/C44H51N10O17P3/c1-3-52-13-5-7-23-15-28-32(18-30(23)52)68-33-19-31-24(8-6-14-53(31)4-2)16-29(33)35(28)26-10-9-25(17-27(26)43(57)58)41(56)46-11-12-47-44(59)70-38-34(20-67-74(65,66)71-73(63,64)51-72(60,61)62)69-42(37(38)55)54-22-50-36-39(45)48-21-49-40(36)54/h9-10,15-19,21-22,34,37-38,42,55H,3-8,11-14,20H2,1-2H3,(H9-,45,46,47,48,49,51,56,57,58,59,60,61,62,63,64,65,66)/p+1/t34-,37-,38-,42-/m1/s1. The number of phosphoric ester groups is 1. The van der Waals surface area contributed by atoms with E-state index in [4.69, 9.17) is 34.3 Å². The number of rotatable bonds is 17. The second-order valence-electron chi connectivity index (χ2n) is 17.6. The average Bonchev–Trinajstić information content (AvgIpc) is 3.91. The number of aromatic carboxylic acids is 1. The van der Waals surface area contributed by atoms with Crippen molar-refractivity contribution in [3.8, 4) is 11.5 Å². The molecule has 30 heteroatoms. The van der Waals surface area contributed by atoms with E-state index in [1.54, 1.807) is 6.07 Å². The van der Waals surface area contributed by atoms with Crippen LogP contribution in [0.5, 0.6) is 11.5 Å². The Morgan fingerprint density at radius 1 is 0.932 bits per heavy atom. The average molecular weight is 1090 g/mol. The van der Waals surface area contributed by atoms with E-state index in [-0.39, 0.29) is 41.2 Å². The van der Waals surface area contributed by atoms with Crippen LogP contribution in [0.3, 0.4) is 0 Å². The van der Waals surface area contributed by atoms with Gasteiger partial charge in [-0.05, 0) is 68.5 Å². The van der Waals surface area contributed by atoms with Gasteiger partial charge >= 0.3 is 35.4 Å². The number of nitrogens with one attached hydrogen (secondary N) is 3. The molecule has 6 atom stereocenters. The molecule has 0 spiro atoms. The van der Waals surface area contributed by atoms with Gasteiger partial charge in [-0.25, -0.2) is 42.8 Å². The Hall–Kier alpha value is -6.18. The number of nitrogen functional groups attached to an aromatic ring is 1. The van der Waals surface area contributed by atoms with E-state index < -0.39 is 72.4 Å². The summed E-state index contributed by atoms with van der Waals surface area (Å²) < 4.78 is 66.2. The highest BCUT2D eigenvalue weighted by Crippen LogP contribution is 2.61. The summed E-state index contributed by atoms with van der Waals surface area (Å²) in [5.74, 6) is -0.792. The molecule has 74 heavy (non-hydrogen) atoms. The van der Waals surface area contributed by atoms with Crippen molar-refractivity contribution in [1.82, 2.24) is 39.6 Å². The number of benzene rings is 3. The fraction of sp³-hybridized carbons (Fsp3) is 0.386. The number of anilines is 2. The number of nitrogens with zero attached hydrogens (tertiary/aromatic N) is 6. The van der Waals surface area contributed by atoms with Gasteiger partial charge in [0.2, 0.25) is 5.36 Å². The van der Waals surface area contributed by atoms with Gasteiger partial charge in [0.1, 0.15) is 48.6 Å². The van der Waals surface area contributed by atoms with Crippen LogP contribution in [0.4, 0.5) is 16.3 Å². The molecule has 6 heterocycles. The first kappa shape index (κ1) is 52.7. The largest absolute Gasteiger partial charge is 0.480 e. The van der Waals surface area contributed by atoms with Crippen LogP contribution in [0.1, 0.15) is 75.9 Å². The quantitative estimate of drug-likeness (QED) is 0.0350. The zero-order chi connectivity index (χ0) is 52.9. The van der Waals surface area contributed by atoms with Crippen LogP contribution in [0.25, 0.3) is 16.7 Å². The lowest BCUT2D eigenvalue weighted by atomic mass is 9.86. The zero-order valence-electron chi connectivity index (χ0n) is 39.6. The molecule has 0 radical (unpaired) electrons.